The molecule has 5 nitrogen and oxygen atoms in total. The van der Waals surface area contributed by atoms with Gasteiger partial charge in [0.2, 0.25) is 5.78 Å². The van der Waals surface area contributed by atoms with Crippen LogP contribution in [0.15, 0.2) is 24.3 Å². The van der Waals surface area contributed by atoms with E-state index in [-0.39, 0.29) is 12.4 Å². The van der Waals surface area contributed by atoms with Crippen molar-refractivity contribution in [3.63, 3.8) is 0 Å². The summed E-state index contributed by atoms with van der Waals surface area (Å²) >= 11 is 0. The van der Waals surface area contributed by atoms with E-state index < -0.39 is 5.97 Å². The minimum atomic E-state index is -0.487. The number of carbonyl (C=O) groups excluding carboxylic acids is 2. The van der Waals surface area contributed by atoms with Gasteiger partial charge in [0.05, 0.1) is 7.11 Å². The van der Waals surface area contributed by atoms with Crippen molar-refractivity contribution in [1.29, 1.82) is 0 Å². The zero-order chi connectivity index (χ0) is 16.3. The molecule has 5 heteroatoms. The Balaban J connectivity index is 2.16. The van der Waals surface area contributed by atoms with E-state index in [1.54, 1.807) is 19.9 Å². The summed E-state index contributed by atoms with van der Waals surface area (Å²) in [5, 5.41) is 0. The van der Waals surface area contributed by atoms with E-state index in [1.165, 1.54) is 7.11 Å². The standard InChI is InChI=1S/C17H19NO4/c1-10-6-5-7-13(8-10)22-9-14(19)15-11(2)16(17(20)21-4)18-12(15)3/h5-8,18H,9H2,1-4H3. The van der Waals surface area contributed by atoms with Crippen molar-refractivity contribution in [2.75, 3.05) is 13.7 Å². The predicted octanol–water partition coefficient (Wildman–Crippen LogP) is 2.99. The zero-order valence-corrected chi connectivity index (χ0v) is 13.1. The SMILES string of the molecule is COC(=O)c1[nH]c(C)c(C(=O)COc2cccc(C)c2)c1C. The first-order valence-electron chi connectivity index (χ1n) is 6.94. The number of ether oxygens (including phenoxy) is 2. The summed E-state index contributed by atoms with van der Waals surface area (Å²) in [5.74, 6) is -0.0189. The van der Waals surface area contributed by atoms with E-state index in [4.69, 9.17) is 9.47 Å². The van der Waals surface area contributed by atoms with Gasteiger partial charge in [-0.05, 0) is 44.0 Å². The summed E-state index contributed by atoms with van der Waals surface area (Å²) in [6, 6.07) is 7.50. The Hall–Kier alpha value is -2.56. The largest absolute Gasteiger partial charge is 0.485 e. The summed E-state index contributed by atoms with van der Waals surface area (Å²) in [6.45, 7) is 5.34. The molecule has 2 rings (SSSR count). The van der Waals surface area contributed by atoms with Crippen molar-refractivity contribution in [2.24, 2.45) is 0 Å². The third-order valence-electron chi connectivity index (χ3n) is 3.47. The molecule has 1 aromatic carbocycles. The number of Topliss-reactive ketones (excluding diaryl/α,β-unsaturated/α-hetero) is 1. The summed E-state index contributed by atoms with van der Waals surface area (Å²) in [7, 11) is 1.31. The van der Waals surface area contributed by atoms with Gasteiger partial charge in [0, 0.05) is 11.3 Å². The monoisotopic (exact) mass is 301 g/mol. The first kappa shape index (κ1) is 15.8. The van der Waals surface area contributed by atoms with E-state index in [0.717, 1.165) is 5.56 Å². The molecule has 0 saturated carbocycles. The van der Waals surface area contributed by atoms with Gasteiger partial charge < -0.3 is 14.5 Å². The first-order valence-corrected chi connectivity index (χ1v) is 6.94. The van der Waals surface area contributed by atoms with Gasteiger partial charge in [0.15, 0.2) is 6.61 Å². The maximum Gasteiger partial charge on any atom is 0.354 e. The number of aryl methyl sites for hydroxylation is 2. The van der Waals surface area contributed by atoms with Gasteiger partial charge >= 0.3 is 5.97 Å². The molecule has 0 aliphatic heterocycles. The zero-order valence-electron chi connectivity index (χ0n) is 13.1. The summed E-state index contributed by atoms with van der Waals surface area (Å²) in [6.07, 6.45) is 0. The lowest BCUT2D eigenvalue weighted by Gasteiger charge is -2.07. The Morgan fingerprint density at radius 3 is 2.55 bits per heavy atom. The van der Waals surface area contributed by atoms with E-state index in [0.29, 0.717) is 28.3 Å². The van der Waals surface area contributed by atoms with Crippen molar-refractivity contribution in [1.82, 2.24) is 4.98 Å². The Kier molecular flexibility index (Phi) is 4.65. The van der Waals surface area contributed by atoms with Crippen LogP contribution in [0.4, 0.5) is 0 Å². The minimum absolute atomic E-state index is 0.0798. The number of aromatic amines is 1. The number of esters is 1. The number of hydrogen-bond acceptors (Lipinski definition) is 4. The van der Waals surface area contributed by atoms with Crippen molar-refractivity contribution < 1.29 is 19.1 Å². The van der Waals surface area contributed by atoms with Crippen LogP contribution in [-0.4, -0.2) is 30.5 Å². The topological polar surface area (TPSA) is 68.4 Å². The van der Waals surface area contributed by atoms with Crippen LogP contribution in [0.25, 0.3) is 0 Å². The molecule has 1 aromatic heterocycles. The van der Waals surface area contributed by atoms with Crippen molar-refractivity contribution in [3.05, 3.63) is 52.3 Å². The number of ketones is 1. The average Bonchev–Trinajstić information content (AvgIpc) is 2.79. The highest BCUT2D eigenvalue weighted by atomic mass is 16.5. The quantitative estimate of drug-likeness (QED) is 0.681. The van der Waals surface area contributed by atoms with Crippen LogP contribution in [0.1, 0.15) is 37.7 Å². The van der Waals surface area contributed by atoms with Gasteiger partial charge in [0.1, 0.15) is 11.4 Å². The van der Waals surface area contributed by atoms with Gasteiger partial charge in [-0.15, -0.1) is 0 Å². The molecule has 0 aliphatic rings. The second kappa shape index (κ2) is 6.47. The predicted molar refractivity (Wildman–Crippen MR) is 82.6 cm³/mol. The molecule has 0 bridgehead atoms. The molecule has 0 amide bonds. The Bertz CT molecular complexity index is 715. The fraction of sp³-hybridized carbons (Fsp3) is 0.294. The van der Waals surface area contributed by atoms with Gasteiger partial charge in [0.25, 0.3) is 0 Å². The molecule has 0 unspecified atom stereocenters. The number of hydrogen-bond donors (Lipinski definition) is 1. The molecule has 1 heterocycles. The lowest BCUT2D eigenvalue weighted by Crippen LogP contribution is -2.13. The van der Waals surface area contributed by atoms with Gasteiger partial charge in [-0.25, -0.2) is 4.79 Å². The second-order valence-corrected chi connectivity index (χ2v) is 5.14. The third kappa shape index (κ3) is 3.19. The van der Waals surface area contributed by atoms with Crippen molar-refractivity contribution in [2.45, 2.75) is 20.8 Å². The number of benzene rings is 1. The highest BCUT2D eigenvalue weighted by Crippen LogP contribution is 2.20. The average molecular weight is 301 g/mol. The molecule has 0 fully saturated rings. The van der Waals surface area contributed by atoms with Crippen LogP contribution < -0.4 is 4.74 Å². The molecular weight excluding hydrogens is 282 g/mol. The number of rotatable bonds is 5. The van der Waals surface area contributed by atoms with Crippen LogP contribution in [0.3, 0.4) is 0 Å². The van der Waals surface area contributed by atoms with Crippen LogP contribution in [0.2, 0.25) is 0 Å². The third-order valence-corrected chi connectivity index (χ3v) is 3.47. The fourth-order valence-corrected chi connectivity index (χ4v) is 2.40. The smallest absolute Gasteiger partial charge is 0.354 e. The van der Waals surface area contributed by atoms with E-state index >= 15 is 0 Å². The fourth-order valence-electron chi connectivity index (χ4n) is 2.40. The number of nitrogens with one attached hydrogen (secondary N) is 1. The van der Waals surface area contributed by atoms with Gasteiger partial charge in [-0.2, -0.15) is 0 Å². The van der Waals surface area contributed by atoms with E-state index in [2.05, 4.69) is 4.98 Å². The van der Waals surface area contributed by atoms with Crippen molar-refractivity contribution >= 4 is 11.8 Å². The second-order valence-electron chi connectivity index (χ2n) is 5.14. The Morgan fingerprint density at radius 1 is 1.18 bits per heavy atom. The van der Waals surface area contributed by atoms with E-state index in [1.807, 2.05) is 25.1 Å². The number of carbonyl (C=O) groups is 2. The molecule has 0 saturated heterocycles. The van der Waals surface area contributed by atoms with Crippen LogP contribution in [-0.2, 0) is 4.74 Å². The number of aromatic nitrogens is 1. The summed E-state index contributed by atoms with van der Waals surface area (Å²) in [4.78, 5) is 26.9. The molecule has 0 aliphatic carbocycles. The van der Waals surface area contributed by atoms with Crippen LogP contribution in [0.5, 0.6) is 5.75 Å². The van der Waals surface area contributed by atoms with Gasteiger partial charge in [-0.3, -0.25) is 4.79 Å². The molecular formula is C17H19NO4. The first-order chi connectivity index (χ1) is 10.4. The Morgan fingerprint density at radius 2 is 1.91 bits per heavy atom. The minimum Gasteiger partial charge on any atom is -0.485 e. The lowest BCUT2D eigenvalue weighted by atomic mass is 10.1. The Labute approximate surface area is 129 Å². The summed E-state index contributed by atoms with van der Waals surface area (Å²) < 4.78 is 10.2. The van der Waals surface area contributed by atoms with Crippen LogP contribution in [0, 0.1) is 20.8 Å². The highest BCUT2D eigenvalue weighted by Gasteiger charge is 2.22. The molecule has 0 spiro atoms. The number of methoxy groups -OCH3 is 1. The maximum absolute atomic E-state index is 12.4. The maximum atomic E-state index is 12.4. The van der Waals surface area contributed by atoms with Gasteiger partial charge in [-0.1, -0.05) is 12.1 Å². The van der Waals surface area contributed by atoms with Crippen molar-refractivity contribution in [3.8, 4) is 5.75 Å². The van der Waals surface area contributed by atoms with Crippen LogP contribution >= 0.6 is 0 Å². The molecule has 116 valence electrons. The molecule has 0 radical (unpaired) electrons. The number of H-pyrrole nitrogens is 1. The molecule has 1 N–H and O–H groups in total. The lowest BCUT2D eigenvalue weighted by molar-refractivity contribution is 0.0594. The molecule has 0 atom stereocenters. The molecule has 2 aromatic rings. The highest BCUT2D eigenvalue weighted by molar-refractivity contribution is 6.03. The molecule has 22 heavy (non-hydrogen) atoms. The van der Waals surface area contributed by atoms with E-state index in [9.17, 15) is 9.59 Å². The normalized spacial score (nSPS) is 10.4. The summed E-state index contributed by atoms with van der Waals surface area (Å²) in [5.41, 5.74) is 3.07.